The molecule has 0 spiro atoms. The van der Waals surface area contributed by atoms with Crippen molar-refractivity contribution in [2.24, 2.45) is 23.3 Å². The summed E-state index contributed by atoms with van der Waals surface area (Å²) in [6, 6.07) is -1.30. The number of carbonyl (C=O) groups is 2. The largest absolute Gasteiger partial charge is 0.354 e. The van der Waals surface area contributed by atoms with Crippen molar-refractivity contribution in [1.82, 2.24) is 10.6 Å². The number of nitrogens with one attached hydrogen (secondary N) is 2. The number of hydrogen-bond acceptors (Lipinski definition) is 4. The van der Waals surface area contributed by atoms with Crippen LogP contribution in [0.25, 0.3) is 0 Å². The van der Waals surface area contributed by atoms with E-state index in [-0.39, 0.29) is 18.4 Å². The van der Waals surface area contributed by atoms with Crippen LogP contribution < -0.4 is 22.1 Å². The maximum Gasteiger partial charge on any atom is 0.243 e. The quantitative estimate of drug-likeness (QED) is 0.504. The molecular formula is C17H34N4O2. The minimum Gasteiger partial charge on any atom is -0.354 e. The van der Waals surface area contributed by atoms with E-state index in [2.05, 4.69) is 10.6 Å². The third kappa shape index (κ3) is 7.79. The van der Waals surface area contributed by atoms with Crippen molar-refractivity contribution in [3.63, 3.8) is 0 Å². The average molecular weight is 326 g/mol. The van der Waals surface area contributed by atoms with Gasteiger partial charge in [-0.1, -0.05) is 46.0 Å². The van der Waals surface area contributed by atoms with Crippen LogP contribution in [0.15, 0.2) is 0 Å². The summed E-state index contributed by atoms with van der Waals surface area (Å²) in [6.07, 6.45) is 8.05. The molecule has 2 atom stereocenters. The molecule has 1 fully saturated rings. The zero-order valence-electron chi connectivity index (χ0n) is 14.6. The third-order valence-corrected chi connectivity index (χ3v) is 4.51. The van der Waals surface area contributed by atoms with Gasteiger partial charge in [-0.25, -0.2) is 0 Å². The molecule has 0 unspecified atom stereocenters. The van der Waals surface area contributed by atoms with Gasteiger partial charge in [-0.3, -0.25) is 9.59 Å². The Bertz CT molecular complexity index is 368. The lowest BCUT2D eigenvalue weighted by Crippen LogP contribution is -2.54. The second-order valence-corrected chi connectivity index (χ2v) is 7.12. The lowest BCUT2D eigenvalue weighted by Gasteiger charge is -2.23. The van der Waals surface area contributed by atoms with Gasteiger partial charge in [0.1, 0.15) is 6.04 Å². The Hall–Kier alpha value is -1.14. The molecule has 0 aromatic rings. The zero-order chi connectivity index (χ0) is 17.2. The molecule has 134 valence electrons. The molecule has 0 aromatic carbocycles. The zero-order valence-corrected chi connectivity index (χ0v) is 14.6. The fourth-order valence-corrected chi connectivity index (χ4v) is 3.12. The fraction of sp³-hybridized carbons (Fsp3) is 0.882. The average Bonchev–Trinajstić information content (AvgIpc) is 2.52. The highest BCUT2D eigenvalue weighted by Crippen LogP contribution is 2.25. The van der Waals surface area contributed by atoms with Crippen LogP contribution in [-0.2, 0) is 9.59 Å². The van der Waals surface area contributed by atoms with Crippen LogP contribution in [0.4, 0.5) is 0 Å². The first-order valence-corrected chi connectivity index (χ1v) is 8.97. The fourth-order valence-electron chi connectivity index (χ4n) is 3.12. The minimum absolute atomic E-state index is 0.0788. The molecule has 0 radical (unpaired) electrons. The molecule has 6 heteroatoms. The number of rotatable bonds is 9. The molecular weight excluding hydrogens is 292 g/mol. The molecule has 1 aliphatic carbocycles. The molecule has 6 N–H and O–H groups in total. The van der Waals surface area contributed by atoms with Crippen molar-refractivity contribution >= 4 is 11.8 Å². The maximum atomic E-state index is 12.1. The van der Waals surface area contributed by atoms with Gasteiger partial charge in [0.15, 0.2) is 0 Å². The van der Waals surface area contributed by atoms with E-state index in [4.69, 9.17) is 11.5 Å². The number of hydrogen-bond donors (Lipinski definition) is 4. The van der Waals surface area contributed by atoms with Gasteiger partial charge in [-0.15, -0.1) is 0 Å². The van der Waals surface area contributed by atoms with E-state index in [1.807, 2.05) is 13.8 Å². The van der Waals surface area contributed by atoms with Crippen LogP contribution in [0.2, 0.25) is 0 Å². The summed E-state index contributed by atoms with van der Waals surface area (Å²) in [5, 5.41) is 5.55. The molecule has 1 rings (SSSR count). The van der Waals surface area contributed by atoms with Crippen LogP contribution in [0, 0.1) is 11.8 Å². The van der Waals surface area contributed by atoms with Crippen LogP contribution >= 0.6 is 0 Å². The lowest BCUT2D eigenvalue weighted by atomic mass is 9.87. The van der Waals surface area contributed by atoms with Gasteiger partial charge < -0.3 is 22.1 Å². The van der Waals surface area contributed by atoms with E-state index in [0.29, 0.717) is 18.9 Å². The van der Waals surface area contributed by atoms with Gasteiger partial charge in [0.25, 0.3) is 0 Å². The number of amides is 2. The molecule has 1 aliphatic rings. The summed E-state index contributed by atoms with van der Waals surface area (Å²) in [5.41, 5.74) is 11.5. The smallest absolute Gasteiger partial charge is 0.243 e. The van der Waals surface area contributed by atoms with E-state index in [9.17, 15) is 9.59 Å². The second-order valence-electron chi connectivity index (χ2n) is 7.12. The van der Waals surface area contributed by atoms with E-state index < -0.39 is 12.1 Å². The summed E-state index contributed by atoms with van der Waals surface area (Å²) >= 11 is 0. The molecule has 2 amide bonds. The molecule has 6 nitrogen and oxygen atoms in total. The SMILES string of the molecule is CC(C)C[C@@H](N)C(=O)N[C@@H](CN)C(=O)NCCC1CCCCC1. The third-order valence-electron chi connectivity index (χ3n) is 4.51. The van der Waals surface area contributed by atoms with Crippen molar-refractivity contribution in [3.8, 4) is 0 Å². The van der Waals surface area contributed by atoms with E-state index in [1.54, 1.807) is 0 Å². The summed E-state index contributed by atoms with van der Waals surface area (Å²) in [6.45, 7) is 4.74. The monoisotopic (exact) mass is 326 g/mol. The molecule has 0 aromatic heterocycles. The van der Waals surface area contributed by atoms with Crippen LogP contribution in [0.5, 0.6) is 0 Å². The van der Waals surface area contributed by atoms with Gasteiger partial charge in [0.05, 0.1) is 6.04 Å². The predicted octanol–water partition coefficient (Wildman–Crippen LogP) is 0.890. The van der Waals surface area contributed by atoms with Crippen molar-refractivity contribution < 1.29 is 9.59 Å². The first-order chi connectivity index (χ1) is 10.9. The van der Waals surface area contributed by atoms with Gasteiger partial charge in [0, 0.05) is 13.1 Å². The Morgan fingerprint density at radius 2 is 1.78 bits per heavy atom. The Morgan fingerprint density at radius 3 is 2.35 bits per heavy atom. The molecule has 0 bridgehead atoms. The molecule has 0 heterocycles. The van der Waals surface area contributed by atoms with Crippen LogP contribution in [0.3, 0.4) is 0 Å². The Labute approximate surface area is 140 Å². The van der Waals surface area contributed by atoms with Crippen molar-refractivity contribution in [2.75, 3.05) is 13.1 Å². The van der Waals surface area contributed by atoms with Gasteiger partial charge in [-0.2, -0.15) is 0 Å². The lowest BCUT2D eigenvalue weighted by molar-refractivity contribution is -0.129. The van der Waals surface area contributed by atoms with Crippen LogP contribution in [-0.4, -0.2) is 37.0 Å². The molecule has 23 heavy (non-hydrogen) atoms. The number of carbonyl (C=O) groups excluding carboxylic acids is 2. The highest BCUT2D eigenvalue weighted by atomic mass is 16.2. The number of nitrogens with two attached hydrogens (primary N) is 2. The maximum absolute atomic E-state index is 12.1. The van der Waals surface area contributed by atoms with Gasteiger partial charge >= 0.3 is 0 Å². The standard InChI is InChI=1S/C17H34N4O2/c1-12(2)10-14(19)16(22)21-15(11-18)17(23)20-9-8-13-6-4-3-5-7-13/h12-15H,3-11,18-19H2,1-2H3,(H,20,23)(H,21,22)/t14-,15+/m1/s1. The van der Waals surface area contributed by atoms with E-state index in [1.165, 1.54) is 32.1 Å². The van der Waals surface area contributed by atoms with Gasteiger partial charge in [0.2, 0.25) is 11.8 Å². The summed E-state index contributed by atoms with van der Waals surface area (Å²) in [5.74, 6) is 0.524. The molecule has 0 aliphatic heterocycles. The highest BCUT2D eigenvalue weighted by Gasteiger charge is 2.23. The molecule has 0 saturated heterocycles. The Morgan fingerprint density at radius 1 is 1.13 bits per heavy atom. The summed E-state index contributed by atoms with van der Waals surface area (Å²) in [7, 11) is 0. The minimum atomic E-state index is -0.702. The Balaban J connectivity index is 2.31. The first kappa shape index (κ1) is 19.9. The van der Waals surface area contributed by atoms with Gasteiger partial charge in [-0.05, 0) is 24.7 Å². The van der Waals surface area contributed by atoms with Crippen LogP contribution in [0.1, 0.15) is 58.8 Å². The topological polar surface area (TPSA) is 110 Å². The molecule has 1 saturated carbocycles. The van der Waals surface area contributed by atoms with E-state index in [0.717, 1.165) is 12.3 Å². The van der Waals surface area contributed by atoms with Crippen molar-refractivity contribution in [3.05, 3.63) is 0 Å². The normalized spacial score (nSPS) is 18.5. The summed E-state index contributed by atoms with van der Waals surface area (Å²) in [4.78, 5) is 24.2. The first-order valence-electron chi connectivity index (χ1n) is 8.97. The Kier molecular flexibility index (Phi) is 9.17. The van der Waals surface area contributed by atoms with Crippen molar-refractivity contribution in [1.29, 1.82) is 0 Å². The second kappa shape index (κ2) is 10.6. The summed E-state index contributed by atoms with van der Waals surface area (Å²) < 4.78 is 0. The highest BCUT2D eigenvalue weighted by molar-refractivity contribution is 5.89. The predicted molar refractivity (Wildman–Crippen MR) is 92.6 cm³/mol. The van der Waals surface area contributed by atoms with Crippen molar-refractivity contribution in [2.45, 2.75) is 70.9 Å². The van der Waals surface area contributed by atoms with E-state index >= 15 is 0 Å².